The Morgan fingerprint density at radius 3 is 2.50 bits per heavy atom. The molecule has 1 aliphatic rings. The Bertz CT molecular complexity index is 240. The second-order valence-corrected chi connectivity index (χ2v) is 5.31. The number of carbonyl (C=O) groups excluding carboxylic acids is 1. The molecule has 3 atom stereocenters. The molecule has 1 heterocycles. The molecule has 3 nitrogen and oxygen atoms in total. The molecule has 1 saturated heterocycles. The zero-order valence-electron chi connectivity index (χ0n) is 11.3. The van der Waals surface area contributed by atoms with Crippen LogP contribution in [-0.2, 0) is 4.79 Å². The molecule has 1 amide bonds. The molecule has 3 unspecified atom stereocenters. The van der Waals surface area contributed by atoms with Crippen LogP contribution in [0.5, 0.6) is 0 Å². The number of nitrogens with one attached hydrogen (secondary N) is 1. The third kappa shape index (κ3) is 2.76. The van der Waals surface area contributed by atoms with Crippen LogP contribution >= 0.6 is 0 Å². The predicted octanol–water partition coefficient (Wildman–Crippen LogP) is 2.37. The lowest BCUT2D eigenvalue weighted by Gasteiger charge is -2.32. The highest BCUT2D eigenvalue weighted by molar-refractivity contribution is 5.84. The van der Waals surface area contributed by atoms with Crippen molar-refractivity contribution in [1.29, 1.82) is 0 Å². The molecule has 1 N–H and O–H groups in total. The van der Waals surface area contributed by atoms with Crippen molar-refractivity contribution in [1.82, 2.24) is 10.2 Å². The molecular formula is C13H26N2O. The van der Waals surface area contributed by atoms with Crippen molar-refractivity contribution in [2.45, 2.75) is 72.1 Å². The van der Waals surface area contributed by atoms with Crippen LogP contribution < -0.4 is 5.32 Å². The van der Waals surface area contributed by atoms with Crippen LogP contribution in [0, 0.1) is 5.92 Å². The summed E-state index contributed by atoms with van der Waals surface area (Å²) in [5.74, 6) is 0.736. The summed E-state index contributed by atoms with van der Waals surface area (Å²) in [6.45, 7) is 10.7. The van der Waals surface area contributed by atoms with Crippen LogP contribution in [0.2, 0.25) is 0 Å². The summed E-state index contributed by atoms with van der Waals surface area (Å²) >= 11 is 0. The Kier molecular flexibility index (Phi) is 4.78. The lowest BCUT2D eigenvalue weighted by Crippen LogP contribution is -2.46. The van der Waals surface area contributed by atoms with E-state index in [0.717, 1.165) is 6.42 Å². The number of carbonyl (C=O) groups is 1. The summed E-state index contributed by atoms with van der Waals surface area (Å²) in [5, 5.41) is 3.39. The van der Waals surface area contributed by atoms with Crippen molar-refractivity contribution in [2.75, 3.05) is 0 Å². The third-order valence-corrected chi connectivity index (χ3v) is 3.43. The monoisotopic (exact) mass is 226 g/mol. The number of hydrogen-bond acceptors (Lipinski definition) is 2. The van der Waals surface area contributed by atoms with Gasteiger partial charge in [-0.3, -0.25) is 10.1 Å². The van der Waals surface area contributed by atoms with Gasteiger partial charge in [-0.2, -0.15) is 0 Å². The standard InChI is InChI=1S/C13H26N2O/c1-6-7-8-10(4)15-12(9(2)3)14-11(5)13(15)16/h9-12,14H,6-8H2,1-5H3. The fourth-order valence-electron chi connectivity index (χ4n) is 2.41. The van der Waals surface area contributed by atoms with Gasteiger partial charge >= 0.3 is 0 Å². The second kappa shape index (κ2) is 5.67. The van der Waals surface area contributed by atoms with Crippen molar-refractivity contribution in [3.05, 3.63) is 0 Å². The van der Waals surface area contributed by atoms with E-state index in [1.54, 1.807) is 0 Å². The van der Waals surface area contributed by atoms with Crippen molar-refractivity contribution < 1.29 is 4.79 Å². The molecule has 0 radical (unpaired) electrons. The Hall–Kier alpha value is -0.570. The lowest BCUT2D eigenvalue weighted by atomic mass is 10.1. The summed E-state index contributed by atoms with van der Waals surface area (Å²) in [7, 11) is 0. The van der Waals surface area contributed by atoms with Gasteiger partial charge in [0.15, 0.2) is 0 Å². The molecule has 1 aliphatic heterocycles. The molecule has 0 aromatic rings. The van der Waals surface area contributed by atoms with E-state index in [1.807, 2.05) is 6.92 Å². The Balaban J connectivity index is 2.69. The van der Waals surface area contributed by atoms with Crippen molar-refractivity contribution >= 4 is 5.91 Å². The van der Waals surface area contributed by atoms with Crippen LogP contribution in [0.25, 0.3) is 0 Å². The van der Waals surface area contributed by atoms with E-state index >= 15 is 0 Å². The highest BCUT2D eigenvalue weighted by Gasteiger charge is 2.39. The van der Waals surface area contributed by atoms with Gasteiger partial charge in [0.25, 0.3) is 0 Å². The maximum Gasteiger partial charge on any atom is 0.240 e. The minimum Gasteiger partial charge on any atom is -0.323 e. The summed E-state index contributed by atoms with van der Waals surface area (Å²) < 4.78 is 0. The average molecular weight is 226 g/mol. The van der Waals surface area contributed by atoms with E-state index in [2.05, 4.69) is 37.9 Å². The molecule has 0 bridgehead atoms. The minimum atomic E-state index is -0.0172. The number of rotatable bonds is 5. The van der Waals surface area contributed by atoms with Gasteiger partial charge in [-0.15, -0.1) is 0 Å². The topological polar surface area (TPSA) is 32.3 Å². The number of unbranched alkanes of at least 4 members (excludes halogenated alkanes) is 1. The van der Waals surface area contributed by atoms with E-state index in [0.29, 0.717) is 12.0 Å². The SMILES string of the molecule is CCCCC(C)N1C(=O)C(C)NC1C(C)C. The molecule has 94 valence electrons. The molecule has 1 rings (SSSR count). The summed E-state index contributed by atoms with van der Waals surface area (Å²) in [6.07, 6.45) is 3.72. The Morgan fingerprint density at radius 1 is 1.38 bits per heavy atom. The van der Waals surface area contributed by atoms with E-state index < -0.39 is 0 Å². The fourth-order valence-corrected chi connectivity index (χ4v) is 2.41. The predicted molar refractivity (Wildman–Crippen MR) is 67.1 cm³/mol. The molecule has 3 heteroatoms. The molecule has 0 aromatic carbocycles. The Labute approximate surface area is 99.6 Å². The van der Waals surface area contributed by atoms with E-state index in [4.69, 9.17) is 0 Å². The average Bonchev–Trinajstić information content (AvgIpc) is 2.52. The Morgan fingerprint density at radius 2 is 2.00 bits per heavy atom. The van der Waals surface area contributed by atoms with Crippen LogP contribution in [0.1, 0.15) is 53.9 Å². The van der Waals surface area contributed by atoms with E-state index in [9.17, 15) is 4.79 Å². The van der Waals surface area contributed by atoms with Crippen molar-refractivity contribution in [2.24, 2.45) is 5.92 Å². The first-order chi connectivity index (χ1) is 7.49. The molecule has 0 aliphatic carbocycles. The number of amides is 1. The van der Waals surface area contributed by atoms with Gasteiger partial charge in [0, 0.05) is 6.04 Å². The number of nitrogens with zero attached hydrogens (tertiary/aromatic N) is 1. The maximum absolute atomic E-state index is 12.1. The summed E-state index contributed by atoms with van der Waals surface area (Å²) in [5.41, 5.74) is 0. The molecule has 0 aromatic heterocycles. The van der Waals surface area contributed by atoms with Gasteiger partial charge in [0.05, 0.1) is 12.2 Å². The van der Waals surface area contributed by atoms with Crippen molar-refractivity contribution in [3.63, 3.8) is 0 Å². The second-order valence-electron chi connectivity index (χ2n) is 5.31. The van der Waals surface area contributed by atoms with Crippen LogP contribution in [0.3, 0.4) is 0 Å². The summed E-state index contributed by atoms with van der Waals surface area (Å²) in [4.78, 5) is 14.1. The van der Waals surface area contributed by atoms with Crippen LogP contribution in [0.4, 0.5) is 0 Å². The lowest BCUT2D eigenvalue weighted by molar-refractivity contribution is -0.132. The summed E-state index contributed by atoms with van der Waals surface area (Å²) in [6, 6.07) is 0.341. The van der Waals surface area contributed by atoms with Gasteiger partial charge in [-0.1, -0.05) is 33.6 Å². The first kappa shape index (κ1) is 13.5. The fraction of sp³-hybridized carbons (Fsp3) is 0.923. The van der Waals surface area contributed by atoms with Gasteiger partial charge in [0.2, 0.25) is 5.91 Å². The van der Waals surface area contributed by atoms with Crippen LogP contribution in [0.15, 0.2) is 0 Å². The number of hydrogen-bond donors (Lipinski definition) is 1. The quantitative estimate of drug-likeness (QED) is 0.780. The molecule has 1 fully saturated rings. The molecule has 16 heavy (non-hydrogen) atoms. The van der Waals surface area contributed by atoms with Gasteiger partial charge in [-0.25, -0.2) is 0 Å². The smallest absolute Gasteiger partial charge is 0.240 e. The van der Waals surface area contributed by atoms with Gasteiger partial charge in [-0.05, 0) is 26.2 Å². The normalized spacial score (nSPS) is 27.9. The zero-order valence-corrected chi connectivity index (χ0v) is 11.3. The third-order valence-electron chi connectivity index (χ3n) is 3.43. The maximum atomic E-state index is 12.1. The zero-order chi connectivity index (χ0) is 12.3. The highest BCUT2D eigenvalue weighted by atomic mass is 16.2. The highest BCUT2D eigenvalue weighted by Crippen LogP contribution is 2.22. The molecule has 0 spiro atoms. The van der Waals surface area contributed by atoms with Crippen LogP contribution in [-0.4, -0.2) is 29.1 Å². The first-order valence-electron chi connectivity index (χ1n) is 6.57. The minimum absolute atomic E-state index is 0.0172. The largest absolute Gasteiger partial charge is 0.323 e. The first-order valence-corrected chi connectivity index (χ1v) is 6.57. The van der Waals surface area contributed by atoms with Crippen molar-refractivity contribution in [3.8, 4) is 0 Å². The molecular weight excluding hydrogens is 200 g/mol. The van der Waals surface area contributed by atoms with E-state index in [-0.39, 0.29) is 18.1 Å². The molecule has 0 saturated carbocycles. The van der Waals surface area contributed by atoms with Gasteiger partial charge < -0.3 is 4.90 Å². The van der Waals surface area contributed by atoms with Gasteiger partial charge in [0.1, 0.15) is 0 Å². The van der Waals surface area contributed by atoms with E-state index in [1.165, 1.54) is 12.8 Å².